The molecular formula is C11H14N2O3. The first-order chi connectivity index (χ1) is 7.65. The number of nitrogens with two attached hydrogens (primary N) is 1. The molecule has 16 heavy (non-hydrogen) atoms. The Morgan fingerprint density at radius 1 is 1.56 bits per heavy atom. The number of carbonyl (C=O) groups is 1. The number of hydrogen-bond acceptors (Lipinski definition) is 4. The third-order valence-electron chi connectivity index (χ3n) is 2.54. The average molecular weight is 222 g/mol. The number of nitrogens with zero attached hydrogens (tertiary/aromatic N) is 1. The third kappa shape index (κ3) is 1.59. The lowest BCUT2D eigenvalue weighted by molar-refractivity contribution is -0.125. The van der Waals surface area contributed by atoms with Gasteiger partial charge in [0.1, 0.15) is 11.4 Å². The summed E-state index contributed by atoms with van der Waals surface area (Å²) in [4.78, 5) is 13.3. The molecule has 0 spiro atoms. The van der Waals surface area contributed by atoms with Crippen LogP contribution < -0.4 is 15.4 Å². The van der Waals surface area contributed by atoms with Crippen LogP contribution in [0.3, 0.4) is 0 Å². The molecule has 1 aromatic rings. The maximum absolute atomic E-state index is 11.9. The number of carbonyl (C=O) groups excluding carboxylic acids is 1. The molecular weight excluding hydrogens is 208 g/mol. The van der Waals surface area contributed by atoms with Crippen molar-refractivity contribution in [3.05, 3.63) is 18.2 Å². The van der Waals surface area contributed by atoms with E-state index < -0.39 is 6.10 Å². The van der Waals surface area contributed by atoms with Gasteiger partial charge in [-0.3, -0.25) is 4.79 Å². The Kier molecular flexibility index (Phi) is 2.70. The largest absolute Gasteiger partial charge is 0.479 e. The first-order valence-electron chi connectivity index (χ1n) is 5.12. The van der Waals surface area contributed by atoms with E-state index >= 15 is 0 Å². The van der Waals surface area contributed by atoms with Gasteiger partial charge >= 0.3 is 0 Å². The van der Waals surface area contributed by atoms with Crippen molar-refractivity contribution in [2.45, 2.75) is 13.0 Å². The summed E-state index contributed by atoms with van der Waals surface area (Å²) in [5.41, 5.74) is 6.85. The van der Waals surface area contributed by atoms with Crippen molar-refractivity contribution < 1.29 is 14.6 Å². The number of aliphatic hydroxyl groups is 1. The zero-order valence-electron chi connectivity index (χ0n) is 9.01. The summed E-state index contributed by atoms with van der Waals surface area (Å²) in [5, 5.41) is 8.96. The van der Waals surface area contributed by atoms with Gasteiger partial charge in [0.15, 0.2) is 6.10 Å². The molecule has 86 valence electrons. The minimum atomic E-state index is -0.541. The zero-order valence-corrected chi connectivity index (χ0v) is 9.01. The number of rotatable bonds is 2. The molecule has 1 aliphatic rings. The summed E-state index contributed by atoms with van der Waals surface area (Å²) < 4.78 is 5.45. The average Bonchev–Trinajstić information content (AvgIpc) is 2.25. The first-order valence-corrected chi connectivity index (χ1v) is 5.12. The number of ether oxygens (including phenoxy) is 1. The first kappa shape index (κ1) is 10.8. The highest BCUT2D eigenvalue weighted by Crippen LogP contribution is 2.38. The van der Waals surface area contributed by atoms with E-state index in [9.17, 15) is 4.79 Å². The Balaban J connectivity index is 2.49. The van der Waals surface area contributed by atoms with E-state index in [-0.39, 0.29) is 19.1 Å². The predicted molar refractivity (Wildman–Crippen MR) is 60.4 cm³/mol. The minimum absolute atomic E-state index is 0.105. The van der Waals surface area contributed by atoms with E-state index in [2.05, 4.69) is 0 Å². The van der Waals surface area contributed by atoms with Crippen molar-refractivity contribution in [3.8, 4) is 5.75 Å². The van der Waals surface area contributed by atoms with E-state index in [0.717, 1.165) is 0 Å². The van der Waals surface area contributed by atoms with Crippen LogP contribution >= 0.6 is 0 Å². The molecule has 0 fully saturated rings. The van der Waals surface area contributed by atoms with Crippen molar-refractivity contribution in [2.75, 3.05) is 23.8 Å². The SMILES string of the molecule is CC1Oc2cccc(N)c2N(CCO)C1=O. The van der Waals surface area contributed by atoms with Crippen LogP contribution in [0.25, 0.3) is 0 Å². The lowest BCUT2D eigenvalue weighted by Crippen LogP contribution is -2.46. The normalized spacial score (nSPS) is 19.2. The van der Waals surface area contributed by atoms with Crippen LogP contribution in [0.1, 0.15) is 6.92 Å². The number of anilines is 2. The van der Waals surface area contributed by atoms with Crippen LogP contribution in [0.2, 0.25) is 0 Å². The van der Waals surface area contributed by atoms with Gasteiger partial charge in [-0.2, -0.15) is 0 Å². The van der Waals surface area contributed by atoms with Gasteiger partial charge in [0.25, 0.3) is 5.91 Å². The quantitative estimate of drug-likeness (QED) is 0.709. The molecule has 1 atom stereocenters. The Hall–Kier alpha value is -1.75. The fourth-order valence-corrected chi connectivity index (χ4v) is 1.82. The zero-order chi connectivity index (χ0) is 11.7. The number of hydrogen-bond donors (Lipinski definition) is 2. The van der Waals surface area contributed by atoms with Gasteiger partial charge in [-0.15, -0.1) is 0 Å². The monoisotopic (exact) mass is 222 g/mol. The van der Waals surface area contributed by atoms with Crippen LogP contribution in [-0.2, 0) is 4.79 Å². The van der Waals surface area contributed by atoms with Crippen LogP contribution in [0, 0.1) is 0 Å². The minimum Gasteiger partial charge on any atom is -0.479 e. The number of amides is 1. The second-order valence-electron chi connectivity index (χ2n) is 3.67. The van der Waals surface area contributed by atoms with E-state index in [1.807, 2.05) is 0 Å². The van der Waals surface area contributed by atoms with E-state index in [1.165, 1.54) is 4.90 Å². The molecule has 3 N–H and O–H groups in total. The number of nitrogen functional groups attached to an aromatic ring is 1. The van der Waals surface area contributed by atoms with E-state index in [0.29, 0.717) is 17.1 Å². The second-order valence-corrected chi connectivity index (χ2v) is 3.67. The Labute approximate surface area is 93.4 Å². The number of benzene rings is 1. The lowest BCUT2D eigenvalue weighted by atomic mass is 10.1. The maximum Gasteiger partial charge on any atom is 0.267 e. The molecule has 2 rings (SSSR count). The Bertz CT molecular complexity index is 420. The summed E-state index contributed by atoms with van der Waals surface area (Å²) in [6.45, 7) is 1.80. The molecule has 1 aromatic carbocycles. The van der Waals surface area contributed by atoms with Crippen LogP contribution in [-0.4, -0.2) is 30.3 Å². The van der Waals surface area contributed by atoms with Crippen LogP contribution in [0.5, 0.6) is 5.75 Å². The molecule has 0 radical (unpaired) electrons. The predicted octanol–water partition coefficient (Wildman–Crippen LogP) is 0.375. The fourth-order valence-electron chi connectivity index (χ4n) is 1.82. The van der Waals surface area contributed by atoms with Gasteiger partial charge in [0, 0.05) is 6.54 Å². The second kappa shape index (κ2) is 4.02. The molecule has 1 heterocycles. The van der Waals surface area contributed by atoms with Gasteiger partial charge < -0.3 is 20.5 Å². The van der Waals surface area contributed by atoms with Crippen molar-refractivity contribution in [1.29, 1.82) is 0 Å². The summed E-state index contributed by atoms with van der Waals surface area (Å²) >= 11 is 0. The smallest absolute Gasteiger partial charge is 0.267 e. The van der Waals surface area contributed by atoms with Gasteiger partial charge in [-0.05, 0) is 19.1 Å². The summed E-state index contributed by atoms with van der Waals surface area (Å²) in [7, 11) is 0. The molecule has 0 aliphatic carbocycles. The lowest BCUT2D eigenvalue weighted by Gasteiger charge is -2.33. The summed E-state index contributed by atoms with van der Waals surface area (Å²) in [6.07, 6.45) is -0.541. The number of β-amino-alcohol motifs (C(OH)–C–C–N with tert-alkyl or cyclic N) is 1. The molecule has 0 saturated heterocycles. The number of fused-ring (bicyclic) bond motifs is 1. The van der Waals surface area contributed by atoms with Gasteiger partial charge in [0.05, 0.1) is 12.3 Å². The van der Waals surface area contributed by atoms with Crippen molar-refractivity contribution in [1.82, 2.24) is 0 Å². The molecule has 1 unspecified atom stereocenters. The topological polar surface area (TPSA) is 75.8 Å². The van der Waals surface area contributed by atoms with E-state index in [1.54, 1.807) is 25.1 Å². The number of para-hydroxylation sites is 1. The molecule has 0 aromatic heterocycles. The molecule has 5 heteroatoms. The van der Waals surface area contributed by atoms with E-state index in [4.69, 9.17) is 15.6 Å². The van der Waals surface area contributed by atoms with Crippen LogP contribution in [0.4, 0.5) is 11.4 Å². The Morgan fingerprint density at radius 3 is 3.00 bits per heavy atom. The van der Waals surface area contributed by atoms with Crippen LogP contribution in [0.15, 0.2) is 18.2 Å². The highest BCUT2D eigenvalue weighted by molar-refractivity contribution is 6.02. The molecule has 0 saturated carbocycles. The van der Waals surface area contributed by atoms with Gasteiger partial charge in [-0.25, -0.2) is 0 Å². The van der Waals surface area contributed by atoms with Crippen molar-refractivity contribution in [2.24, 2.45) is 0 Å². The highest BCUT2D eigenvalue weighted by atomic mass is 16.5. The van der Waals surface area contributed by atoms with Crippen molar-refractivity contribution >= 4 is 17.3 Å². The molecule has 1 aliphatic heterocycles. The molecule has 1 amide bonds. The number of aliphatic hydroxyl groups excluding tert-OH is 1. The highest BCUT2D eigenvalue weighted by Gasteiger charge is 2.32. The summed E-state index contributed by atoms with van der Waals surface area (Å²) in [5.74, 6) is 0.403. The standard InChI is InChI=1S/C11H14N2O3/c1-7-11(15)13(5-6-14)10-8(12)3-2-4-9(10)16-7/h2-4,7,14H,5-6,12H2,1H3. The maximum atomic E-state index is 11.9. The Morgan fingerprint density at radius 2 is 2.31 bits per heavy atom. The molecule has 0 bridgehead atoms. The fraction of sp³-hybridized carbons (Fsp3) is 0.364. The van der Waals surface area contributed by atoms with Gasteiger partial charge in [-0.1, -0.05) is 6.07 Å². The third-order valence-corrected chi connectivity index (χ3v) is 2.54. The van der Waals surface area contributed by atoms with Crippen molar-refractivity contribution in [3.63, 3.8) is 0 Å². The van der Waals surface area contributed by atoms with Gasteiger partial charge in [0.2, 0.25) is 0 Å². The molecule has 5 nitrogen and oxygen atoms in total. The summed E-state index contributed by atoms with van der Waals surface area (Å²) in [6, 6.07) is 5.24.